The summed E-state index contributed by atoms with van der Waals surface area (Å²) >= 11 is -0.998. The molecule has 0 spiro atoms. The van der Waals surface area contributed by atoms with Crippen LogP contribution in [0, 0.1) is 5.82 Å². The van der Waals surface area contributed by atoms with Crippen LogP contribution in [0.25, 0.3) is 28.1 Å². The second-order valence-corrected chi connectivity index (χ2v) is 11.5. The van der Waals surface area contributed by atoms with Gasteiger partial charge in [0.05, 0.1) is 31.1 Å². The minimum atomic E-state index is -0.998. The van der Waals surface area contributed by atoms with E-state index < -0.39 is 17.0 Å². The molecule has 5 aromatic rings. The van der Waals surface area contributed by atoms with Crippen LogP contribution in [0.15, 0.2) is 53.4 Å². The van der Waals surface area contributed by atoms with Gasteiger partial charge in [0.15, 0.2) is 11.4 Å². The van der Waals surface area contributed by atoms with Gasteiger partial charge < -0.3 is 29.5 Å². The van der Waals surface area contributed by atoms with Crippen LogP contribution in [0.5, 0.6) is 0 Å². The summed E-state index contributed by atoms with van der Waals surface area (Å²) < 4.78 is 35.1. The van der Waals surface area contributed by atoms with E-state index in [4.69, 9.17) is 10.2 Å². The highest BCUT2D eigenvalue weighted by molar-refractivity contribution is 7.90. The number of nitrogen functional groups attached to an aromatic ring is 1. The van der Waals surface area contributed by atoms with Gasteiger partial charge in [-0.15, -0.1) is 0 Å². The number of carbonyl (C=O) groups is 1. The number of anilines is 2. The van der Waals surface area contributed by atoms with E-state index in [1.807, 2.05) is 21.6 Å². The minimum Gasteiger partial charge on any atom is -0.617 e. The van der Waals surface area contributed by atoms with Crippen LogP contribution >= 0.6 is 0 Å². The van der Waals surface area contributed by atoms with E-state index in [2.05, 4.69) is 25.3 Å². The maximum atomic E-state index is 14.9. The fourth-order valence-corrected chi connectivity index (χ4v) is 5.43. The standard InChI is InChI=1S/C27H30FN9O3S/c1-41(39)14-6-30-26(38)18-4-5-21(19(28)15-18)35-10-7-34(8-11-35)9-12-36-17-31-24-22-16-20(23-3-2-13-40-23)33-37(22)27(29)32-25(24)36/h2-5,13,15-17H,6-12,14H2,1H3,(H2,29,32)(H,30,38)/t41-/m1/s1. The number of piperazine rings is 1. The predicted octanol–water partition coefficient (Wildman–Crippen LogP) is 1.99. The lowest BCUT2D eigenvalue weighted by atomic mass is 10.1. The summed E-state index contributed by atoms with van der Waals surface area (Å²) in [4.78, 5) is 25.7. The largest absolute Gasteiger partial charge is 0.617 e. The lowest BCUT2D eigenvalue weighted by molar-refractivity contribution is 0.0955. The highest BCUT2D eigenvalue weighted by atomic mass is 32.2. The highest BCUT2D eigenvalue weighted by Gasteiger charge is 2.22. The van der Waals surface area contributed by atoms with Crippen LogP contribution in [-0.4, -0.2) is 90.8 Å². The molecule has 41 heavy (non-hydrogen) atoms. The molecule has 0 bridgehead atoms. The van der Waals surface area contributed by atoms with Gasteiger partial charge in [-0.05, 0) is 36.4 Å². The number of furan rings is 1. The molecule has 1 aliphatic heterocycles. The van der Waals surface area contributed by atoms with Crippen LogP contribution in [0.1, 0.15) is 10.4 Å². The number of imidazole rings is 1. The predicted molar refractivity (Wildman–Crippen MR) is 155 cm³/mol. The molecule has 12 nitrogen and oxygen atoms in total. The number of aromatic nitrogens is 5. The summed E-state index contributed by atoms with van der Waals surface area (Å²) in [5, 5.41) is 7.19. The molecule has 6 rings (SSSR count). The first-order valence-corrected chi connectivity index (χ1v) is 15.0. The van der Waals surface area contributed by atoms with E-state index >= 15 is 0 Å². The number of rotatable bonds is 9. The van der Waals surface area contributed by atoms with Crippen molar-refractivity contribution in [3.8, 4) is 11.5 Å². The van der Waals surface area contributed by atoms with Gasteiger partial charge in [0.2, 0.25) is 5.95 Å². The number of amides is 1. The molecule has 0 unspecified atom stereocenters. The second kappa shape index (κ2) is 11.4. The Kier molecular flexibility index (Phi) is 7.51. The Hall–Kier alpha value is -4.14. The van der Waals surface area contributed by atoms with Crippen molar-refractivity contribution in [3.63, 3.8) is 0 Å². The minimum absolute atomic E-state index is 0.249. The monoisotopic (exact) mass is 579 g/mol. The summed E-state index contributed by atoms with van der Waals surface area (Å²) in [6, 6.07) is 10.1. The highest BCUT2D eigenvalue weighted by Crippen LogP contribution is 2.26. The lowest BCUT2D eigenvalue weighted by Gasteiger charge is -2.36. The van der Waals surface area contributed by atoms with Gasteiger partial charge in [-0.1, -0.05) is 11.2 Å². The number of halogens is 1. The Bertz CT molecular complexity index is 1680. The molecular formula is C27H30FN9O3S. The van der Waals surface area contributed by atoms with Crippen LogP contribution in [0.4, 0.5) is 16.0 Å². The van der Waals surface area contributed by atoms with Gasteiger partial charge in [0.25, 0.3) is 5.91 Å². The average Bonchev–Trinajstić information content (AvgIpc) is 3.72. The summed E-state index contributed by atoms with van der Waals surface area (Å²) in [5.74, 6) is 0.466. The molecule has 1 fully saturated rings. The smallest absolute Gasteiger partial charge is 0.251 e. The van der Waals surface area contributed by atoms with E-state index in [0.29, 0.717) is 53.7 Å². The molecule has 1 saturated heterocycles. The zero-order chi connectivity index (χ0) is 28.5. The number of fused-ring (bicyclic) bond motifs is 3. The maximum absolute atomic E-state index is 14.9. The van der Waals surface area contributed by atoms with Crippen molar-refractivity contribution in [2.75, 3.05) is 61.9 Å². The second-order valence-electron chi connectivity index (χ2n) is 9.91. The van der Waals surface area contributed by atoms with Gasteiger partial charge in [0, 0.05) is 44.8 Å². The first-order chi connectivity index (χ1) is 19.9. The van der Waals surface area contributed by atoms with E-state index in [0.717, 1.165) is 25.2 Å². The third-order valence-corrected chi connectivity index (χ3v) is 8.01. The molecular weight excluding hydrogens is 549 g/mol. The van der Waals surface area contributed by atoms with Crippen molar-refractivity contribution in [2.45, 2.75) is 6.54 Å². The summed E-state index contributed by atoms with van der Waals surface area (Å²) in [5.41, 5.74) is 9.78. The van der Waals surface area contributed by atoms with Crippen LogP contribution in [0.2, 0.25) is 0 Å². The maximum Gasteiger partial charge on any atom is 0.251 e. The average molecular weight is 580 g/mol. The van der Waals surface area contributed by atoms with Crippen molar-refractivity contribution < 1.29 is 18.2 Å². The number of carbonyl (C=O) groups excluding carboxylic acids is 1. The Morgan fingerprint density at radius 3 is 2.76 bits per heavy atom. The fraction of sp³-hybridized carbons (Fsp3) is 0.333. The Labute approximate surface area is 238 Å². The van der Waals surface area contributed by atoms with Gasteiger partial charge in [-0.3, -0.25) is 9.69 Å². The number of benzene rings is 1. The Balaban J connectivity index is 1.07. The number of hydrogen-bond acceptors (Lipinski definition) is 9. The molecule has 3 N–H and O–H groups in total. The third-order valence-electron chi connectivity index (χ3n) is 7.23. The zero-order valence-electron chi connectivity index (χ0n) is 22.5. The van der Waals surface area contributed by atoms with Gasteiger partial charge >= 0.3 is 0 Å². The number of hydrogen-bond donors (Lipinski definition) is 2. The first-order valence-electron chi connectivity index (χ1n) is 13.3. The molecule has 1 atom stereocenters. The topological polar surface area (TPSA) is 146 Å². The lowest BCUT2D eigenvalue weighted by Crippen LogP contribution is -2.47. The van der Waals surface area contributed by atoms with E-state index in [-0.39, 0.29) is 24.0 Å². The molecule has 4 aromatic heterocycles. The van der Waals surface area contributed by atoms with Crippen molar-refractivity contribution in [3.05, 3.63) is 60.4 Å². The molecule has 0 aliphatic carbocycles. The van der Waals surface area contributed by atoms with Crippen molar-refractivity contribution >= 4 is 45.4 Å². The molecule has 0 radical (unpaired) electrons. The SMILES string of the molecule is C[S@@+]([O-])CCNC(=O)c1ccc(N2CCN(CCn3cnc4c3nc(N)n3nc(-c5ccco5)cc43)CC2)c(F)c1. The number of nitrogens with one attached hydrogen (secondary N) is 1. The summed E-state index contributed by atoms with van der Waals surface area (Å²) in [7, 11) is 0. The van der Waals surface area contributed by atoms with Crippen LogP contribution in [-0.2, 0) is 17.7 Å². The van der Waals surface area contributed by atoms with Crippen molar-refractivity contribution in [1.82, 2.24) is 34.4 Å². The molecule has 14 heteroatoms. The molecule has 1 aromatic carbocycles. The van der Waals surface area contributed by atoms with Gasteiger partial charge in [0.1, 0.15) is 28.3 Å². The van der Waals surface area contributed by atoms with Crippen LogP contribution in [0.3, 0.4) is 0 Å². The van der Waals surface area contributed by atoms with Gasteiger partial charge in [-0.2, -0.15) is 14.6 Å². The summed E-state index contributed by atoms with van der Waals surface area (Å²) in [6.07, 6.45) is 4.94. The zero-order valence-corrected chi connectivity index (χ0v) is 23.3. The van der Waals surface area contributed by atoms with Crippen LogP contribution < -0.4 is 16.0 Å². The van der Waals surface area contributed by atoms with E-state index in [1.54, 1.807) is 41.6 Å². The number of nitrogens with zero attached hydrogens (tertiary/aromatic N) is 7. The number of nitrogens with two attached hydrogens (primary N) is 1. The normalized spacial score (nSPS) is 15.1. The molecule has 0 saturated carbocycles. The molecule has 5 heterocycles. The van der Waals surface area contributed by atoms with Gasteiger partial charge in [-0.25, -0.2) is 9.37 Å². The first kappa shape index (κ1) is 27.1. The van der Waals surface area contributed by atoms with E-state index in [9.17, 15) is 13.7 Å². The van der Waals surface area contributed by atoms with Crippen molar-refractivity contribution in [2.24, 2.45) is 0 Å². The quantitative estimate of drug-likeness (QED) is 0.250. The van der Waals surface area contributed by atoms with E-state index in [1.165, 1.54) is 6.07 Å². The molecule has 1 aliphatic rings. The van der Waals surface area contributed by atoms with Crippen molar-refractivity contribution in [1.29, 1.82) is 0 Å². The Morgan fingerprint density at radius 1 is 1.20 bits per heavy atom. The fourth-order valence-electron chi connectivity index (χ4n) is 5.04. The third kappa shape index (κ3) is 5.58. The summed E-state index contributed by atoms with van der Waals surface area (Å²) in [6.45, 7) is 4.57. The molecule has 214 valence electrons. The Morgan fingerprint density at radius 2 is 2.02 bits per heavy atom. The molecule has 1 amide bonds.